The highest BCUT2D eigenvalue weighted by atomic mass is 32.1. The SMILES string of the molecule is Cc1nc(COc2ccc(C(=O)NCc3ccc(N4CCCCCC4)nc3)cc2)cs1. The summed E-state index contributed by atoms with van der Waals surface area (Å²) in [7, 11) is 0. The molecule has 4 rings (SSSR count). The predicted octanol–water partition coefficient (Wildman–Crippen LogP) is 4.74. The molecular formula is C24H28N4O2S. The minimum atomic E-state index is -0.113. The number of carbonyl (C=O) groups excluding carboxylic acids is 1. The number of rotatable bonds is 7. The first kappa shape index (κ1) is 21.3. The molecule has 1 fully saturated rings. The summed E-state index contributed by atoms with van der Waals surface area (Å²) in [4.78, 5) is 23.8. The quantitative estimate of drug-likeness (QED) is 0.580. The fourth-order valence-electron chi connectivity index (χ4n) is 3.63. The van der Waals surface area contributed by atoms with E-state index in [4.69, 9.17) is 4.74 Å². The molecule has 1 amide bonds. The lowest BCUT2D eigenvalue weighted by atomic mass is 10.2. The first-order chi connectivity index (χ1) is 15.2. The average Bonchev–Trinajstić information content (AvgIpc) is 3.04. The van der Waals surface area contributed by atoms with Crippen LogP contribution in [0.5, 0.6) is 5.75 Å². The average molecular weight is 437 g/mol. The van der Waals surface area contributed by atoms with Gasteiger partial charge in [-0.15, -0.1) is 11.3 Å². The Morgan fingerprint density at radius 1 is 1.10 bits per heavy atom. The molecule has 3 heterocycles. The number of carbonyl (C=O) groups is 1. The van der Waals surface area contributed by atoms with Crippen molar-refractivity contribution < 1.29 is 9.53 Å². The van der Waals surface area contributed by atoms with Crippen molar-refractivity contribution in [2.75, 3.05) is 18.0 Å². The van der Waals surface area contributed by atoms with Crippen LogP contribution < -0.4 is 15.0 Å². The second kappa shape index (κ2) is 10.4. The molecule has 0 saturated carbocycles. The number of nitrogens with one attached hydrogen (secondary N) is 1. The van der Waals surface area contributed by atoms with Gasteiger partial charge < -0.3 is 15.0 Å². The van der Waals surface area contributed by atoms with Gasteiger partial charge in [0.15, 0.2) is 0 Å². The minimum Gasteiger partial charge on any atom is -0.487 e. The van der Waals surface area contributed by atoms with Crippen molar-refractivity contribution in [1.82, 2.24) is 15.3 Å². The Balaban J connectivity index is 1.26. The van der Waals surface area contributed by atoms with Gasteiger partial charge in [-0.05, 0) is 55.7 Å². The molecule has 0 bridgehead atoms. The predicted molar refractivity (Wildman–Crippen MR) is 124 cm³/mol. The van der Waals surface area contributed by atoms with Crippen LogP contribution in [0.25, 0.3) is 0 Å². The standard InChI is InChI=1S/C24H28N4O2S/c1-18-27-21(17-31-18)16-30-22-9-7-20(8-10-22)24(29)26-15-19-6-11-23(25-14-19)28-12-4-2-3-5-13-28/h6-11,14,17H,2-5,12-13,15-16H2,1H3,(H,26,29). The Labute approximate surface area is 187 Å². The van der Waals surface area contributed by atoms with Crippen LogP contribution in [0.3, 0.4) is 0 Å². The van der Waals surface area contributed by atoms with Gasteiger partial charge in [0.25, 0.3) is 5.91 Å². The number of benzene rings is 1. The fourth-order valence-corrected chi connectivity index (χ4v) is 4.22. The molecule has 1 saturated heterocycles. The van der Waals surface area contributed by atoms with E-state index in [1.54, 1.807) is 23.5 Å². The van der Waals surface area contributed by atoms with E-state index in [2.05, 4.69) is 26.3 Å². The molecule has 7 heteroatoms. The minimum absolute atomic E-state index is 0.113. The molecule has 0 spiro atoms. The van der Waals surface area contributed by atoms with Crippen molar-refractivity contribution >= 4 is 23.1 Å². The Morgan fingerprint density at radius 2 is 1.87 bits per heavy atom. The lowest BCUT2D eigenvalue weighted by Crippen LogP contribution is -2.25. The highest BCUT2D eigenvalue weighted by Gasteiger charge is 2.11. The molecule has 0 unspecified atom stereocenters. The lowest BCUT2D eigenvalue weighted by molar-refractivity contribution is 0.0951. The van der Waals surface area contributed by atoms with Crippen LogP contribution in [0.1, 0.15) is 52.3 Å². The van der Waals surface area contributed by atoms with Gasteiger partial charge >= 0.3 is 0 Å². The number of nitrogens with zero attached hydrogens (tertiary/aromatic N) is 3. The Hall–Kier alpha value is -2.93. The summed E-state index contributed by atoms with van der Waals surface area (Å²) in [6.45, 7) is 5.00. The van der Waals surface area contributed by atoms with Crippen LogP contribution in [0, 0.1) is 6.92 Å². The van der Waals surface area contributed by atoms with Crippen molar-refractivity contribution in [3.8, 4) is 5.75 Å². The van der Waals surface area contributed by atoms with E-state index in [1.165, 1.54) is 25.7 Å². The number of aryl methyl sites for hydroxylation is 1. The highest BCUT2D eigenvalue weighted by molar-refractivity contribution is 7.09. The molecule has 1 aliphatic rings. The van der Waals surface area contributed by atoms with E-state index in [-0.39, 0.29) is 5.91 Å². The van der Waals surface area contributed by atoms with Crippen LogP contribution in [0.4, 0.5) is 5.82 Å². The number of hydrogen-bond donors (Lipinski definition) is 1. The first-order valence-corrected chi connectivity index (χ1v) is 11.7. The van der Waals surface area contributed by atoms with Crippen LogP contribution >= 0.6 is 11.3 Å². The van der Waals surface area contributed by atoms with E-state index in [0.29, 0.717) is 18.7 Å². The van der Waals surface area contributed by atoms with Crippen LogP contribution in [0.15, 0.2) is 48.0 Å². The third-order valence-electron chi connectivity index (χ3n) is 5.36. The summed E-state index contributed by atoms with van der Waals surface area (Å²) in [5.41, 5.74) is 2.51. The number of amides is 1. The maximum atomic E-state index is 12.5. The topological polar surface area (TPSA) is 67.3 Å². The van der Waals surface area contributed by atoms with Crippen molar-refractivity contribution in [3.05, 3.63) is 69.8 Å². The van der Waals surface area contributed by atoms with Crippen molar-refractivity contribution in [1.29, 1.82) is 0 Å². The third kappa shape index (κ3) is 6.04. The van der Waals surface area contributed by atoms with Crippen molar-refractivity contribution in [3.63, 3.8) is 0 Å². The lowest BCUT2D eigenvalue weighted by Gasteiger charge is -2.21. The smallest absolute Gasteiger partial charge is 0.251 e. The van der Waals surface area contributed by atoms with Crippen molar-refractivity contribution in [2.45, 2.75) is 45.8 Å². The largest absolute Gasteiger partial charge is 0.487 e. The summed E-state index contributed by atoms with van der Waals surface area (Å²) in [5, 5.41) is 5.98. The van der Waals surface area contributed by atoms with Crippen LogP contribution in [-0.4, -0.2) is 29.0 Å². The molecule has 3 aromatic rings. The van der Waals surface area contributed by atoms with Crippen LogP contribution in [-0.2, 0) is 13.2 Å². The number of ether oxygens (including phenoxy) is 1. The Morgan fingerprint density at radius 3 is 2.52 bits per heavy atom. The van der Waals surface area contributed by atoms with E-state index < -0.39 is 0 Å². The molecule has 0 radical (unpaired) electrons. The second-order valence-corrected chi connectivity index (χ2v) is 8.84. The van der Waals surface area contributed by atoms with Gasteiger partial charge in [0, 0.05) is 36.8 Å². The summed E-state index contributed by atoms with van der Waals surface area (Å²) in [5.74, 6) is 1.63. The zero-order valence-electron chi connectivity index (χ0n) is 17.8. The summed E-state index contributed by atoms with van der Waals surface area (Å²) in [6, 6.07) is 11.3. The molecule has 162 valence electrons. The number of aromatic nitrogens is 2. The van der Waals surface area contributed by atoms with Gasteiger partial charge in [0.2, 0.25) is 0 Å². The Kier molecular flexibility index (Phi) is 7.14. The number of pyridine rings is 1. The molecule has 0 atom stereocenters. The second-order valence-electron chi connectivity index (χ2n) is 7.78. The molecule has 2 aromatic heterocycles. The fraction of sp³-hybridized carbons (Fsp3) is 0.375. The van der Waals surface area contributed by atoms with Crippen molar-refractivity contribution in [2.24, 2.45) is 0 Å². The number of anilines is 1. The molecular weight excluding hydrogens is 408 g/mol. The monoisotopic (exact) mass is 436 g/mol. The summed E-state index contributed by atoms with van der Waals surface area (Å²) in [6.07, 6.45) is 6.93. The zero-order valence-corrected chi connectivity index (χ0v) is 18.7. The molecule has 0 aliphatic carbocycles. The first-order valence-electron chi connectivity index (χ1n) is 10.8. The molecule has 31 heavy (non-hydrogen) atoms. The summed E-state index contributed by atoms with van der Waals surface area (Å²) < 4.78 is 5.74. The normalized spacial score (nSPS) is 14.2. The van der Waals surface area contributed by atoms with Crippen LogP contribution in [0.2, 0.25) is 0 Å². The van der Waals surface area contributed by atoms with Gasteiger partial charge in [0.1, 0.15) is 18.2 Å². The third-order valence-corrected chi connectivity index (χ3v) is 6.18. The van der Waals surface area contributed by atoms with Gasteiger partial charge in [-0.1, -0.05) is 18.9 Å². The van der Waals surface area contributed by atoms with E-state index in [0.717, 1.165) is 40.9 Å². The maximum Gasteiger partial charge on any atom is 0.251 e. The maximum absolute atomic E-state index is 12.5. The molecule has 1 N–H and O–H groups in total. The van der Waals surface area contributed by atoms with Gasteiger partial charge in [-0.3, -0.25) is 4.79 Å². The van der Waals surface area contributed by atoms with E-state index >= 15 is 0 Å². The number of hydrogen-bond acceptors (Lipinski definition) is 6. The van der Waals surface area contributed by atoms with E-state index in [9.17, 15) is 4.79 Å². The Bertz CT molecular complexity index is 978. The molecule has 1 aromatic carbocycles. The van der Waals surface area contributed by atoms with Gasteiger partial charge in [0.05, 0.1) is 10.7 Å². The van der Waals surface area contributed by atoms with E-state index in [1.807, 2.05) is 36.7 Å². The molecule has 6 nitrogen and oxygen atoms in total. The molecule has 1 aliphatic heterocycles. The number of thiazole rings is 1. The summed E-state index contributed by atoms with van der Waals surface area (Å²) >= 11 is 1.61. The van der Waals surface area contributed by atoms with Gasteiger partial charge in [-0.25, -0.2) is 9.97 Å². The highest BCUT2D eigenvalue weighted by Crippen LogP contribution is 2.18. The van der Waals surface area contributed by atoms with Gasteiger partial charge in [-0.2, -0.15) is 0 Å². The zero-order chi connectivity index (χ0) is 21.5.